The van der Waals surface area contributed by atoms with E-state index in [1.54, 1.807) is 0 Å². The Hall–Kier alpha value is -0.0800. The lowest BCUT2D eigenvalue weighted by Gasteiger charge is -2.24. The number of hydrogen-bond acceptors (Lipinski definition) is 2. The van der Waals surface area contributed by atoms with Crippen molar-refractivity contribution in [1.82, 2.24) is 5.32 Å². The fraction of sp³-hybridized carbons (Fsp3) is 1.00. The van der Waals surface area contributed by atoms with Gasteiger partial charge in [-0.3, -0.25) is 0 Å². The van der Waals surface area contributed by atoms with Crippen molar-refractivity contribution in [3.8, 4) is 0 Å². The lowest BCUT2D eigenvalue weighted by atomic mass is 9.94. The van der Waals surface area contributed by atoms with Crippen LogP contribution in [0, 0.1) is 11.8 Å². The maximum absolute atomic E-state index is 6.13. The topological polar surface area (TPSA) is 21.3 Å². The molecular formula is C16H33NO. The molecule has 0 radical (unpaired) electrons. The Bertz CT molecular complexity index is 225. The third-order valence-electron chi connectivity index (χ3n) is 3.83. The van der Waals surface area contributed by atoms with Crippen LogP contribution in [0.1, 0.15) is 66.7 Å². The van der Waals surface area contributed by atoms with E-state index >= 15 is 0 Å². The van der Waals surface area contributed by atoms with E-state index in [9.17, 15) is 0 Å². The van der Waals surface area contributed by atoms with Crippen LogP contribution in [0.3, 0.4) is 0 Å². The van der Waals surface area contributed by atoms with Gasteiger partial charge in [-0.2, -0.15) is 0 Å². The van der Waals surface area contributed by atoms with Gasteiger partial charge in [0.05, 0.1) is 11.7 Å². The first-order chi connectivity index (χ1) is 8.43. The molecule has 1 aliphatic heterocycles. The van der Waals surface area contributed by atoms with Crippen molar-refractivity contribution in [3.63, 3.8) is 0 Å². The fourth-order valence-electron chi connectivity index (χ4n) is 2.90. The molecule has 1 saturated heterocycles. The van der Waals surface area contributed by atoms with Crippen LogP contribution in [-0.4, -0.2) is 24.8 Å². The molecule has 0 aliphatic carbocycles. The summed E-state index contributed by atoms with van der Waals surface area (Å²) in [6, 6.07) is 0. The molecular weight excluding hydrogens is 222 g/mol. The van der Waals surface area contributed by atoms with Gasteiger partial charge >= 0.3 is 0 Å². The van der Waals surface area contributed by atoms with Crippen LogP contribution in [0.2, 0.25) is 0 Å². The highest BCUT2D eigenvalue weighted by Gasteiger charge is 2.32. The van der Waals surface area contributed by atoms with Gasteiger partial charge < -0.3 is 10.1 Å². The van der Waals surface area contributed by atoms with Gasteiger partial charge in [0, 0.05) is 0 Å². The molecule has 108 valence electrons. The molecule has 0 amide bonds. The van der Waals surface area contributed by atoms with Crippen molar-refractivity contribution in [1.29, 1.82) is 0 Å². The second kappa shape index (κ2) is 7.49. The third kappa shape index (κ3) is 6.19. The van der Waals surface area contributed by atoms with E-state index in [1.165, 1.54) is 32.1 Å². The summed E-state index contributed by atoms with van der Waals surface area (Å²) in [5.74, 6) is 1.53. The lowest BCUT2D eigenvalue weighted by Crippen LogP contribution is -2.29. The van der Waals surface area contributed by atoms with E-state index in [2.05, 4.69) is 39.9 Å². The molecule has 1 fully saturated rings. The summed E-state index contributed by atoms with van der Waals surface area (Å²) in [6.45, 7) is 13.6. The van der Waals surface area contributed by atoms with E-state index in [-0.39, 0.29) is 5.60 Å². The summed E-state index contributed by atoms with van der Waals surface area (Å²) < 4.78 is 6.13. The van der Waals surface area contributed by atoms with Gasteiger partial charge in [-0.25, -0.2) is 0 Å². The van der Waals surface area contributed by atoms with E-state index < -0.39 is 0 Å². The SMILES string of the molecule is CCCC(CNCC(C)C)CC1CCC(C)(C)O1. The number of nitrogens with one attached hydrogen (secondary N) is 1. The molecule has 0 saturated carbocycles. The van der Waals surface area contributed by atoms with Crippen LogP contribution < -0.4 is 5.32 Å². The molecule has 1 N–H and O–H groups in total. The Morgan fingerprint density at radius 1 is 1.28 bits per heavy atom. The highest BCUT2D eigenvalue weighted by atomic mass is 16.5. The minimum Gasteiger partial charge on any atom is -0.372 e. The number of hydrogen-bond donors (Lipinski definition) is 1. The maximum atomic E-state index is 6.13. The Kier molecular flexibility index (Phi) is 6.65. The first-order valence-corrected chi connectivity index (χ1v) is 7.81. The van der Waals surface area contributed by atoms with Crippen LogP contribution in [-0.2, 0) is 4.74 Å². The molecule has 2 atom stereocenters. The predicted molar refractivity (Wildman–Crippen MR) is 78.9 cm³/mol. The van der Waals surface area contributed by atoms with Crippen molar-refractivity contribution in [2.45, 2.75) is 78.4 Å². The van der Waals surface area contributed by atoms with E-state index in [4.69, 9.17) is 4.74 Å². The number of ether oxygens (including phenoxy) is 1. The van der Waals surface area contributed by atoms with Crippen LogP contribution in [0.15, 0.2) is 0 Å². The predicted octanol–water partition coefficient (Wildman–Crippen LogP) is 4.00. The lowest BCUT2D eigenvalue weighted by molar-refractivity contribution is -0.0249. The largest absolute Gasteiger partial charge is 0.372 e. The van der Waals surface area contributed by atoms with Crippen molar-refractivity contribution in [2.24, 2.45) is 11.8 Å². The fourth-order valence-corrected chi connectivity index (χ4v) is 2.90. The quantitative estimate of drug-likeness (QED) is 0.708. The van der Waals surface area contributed by atoms with Crippen LogP contribution in [0.5, 0.6) is 0 Å². The van der Waals surface area contributed by atoms with Crippen molar-refractivity contribution < 1.29 is 4.74 Å². The smallest absolute Gasteiger partial charge is 0.0631 e. The van der Waals surface area contributed by atoms with Gasteiger partial charge in [0.15, 0.2) is 0 Å². The first-order valence-electron chi connectivity index (χ1n) is 7.81. The van der Waals surface area contributed by atoms with Crippen molar-refractivity contribution >= 4 is 0 Å². The summed E-state index contributed by atoms with van der Waals surface area (Å²) in [5, 5.41) is 3.61. The van der Waals surface area contributed by atoms with Crippen molar-refractivity contribution in [2.75, 3.05) is 13.1 Å². The summed E-state index contributed by atoms with van der Waals surface area (Å²) in [6.07, 6.45) is 6.81. The van der Waals surface area contributed by atoms with Crippen LogP contribution in [0.25, 0.3) is 0 Å². The average Bonchev–Trinajstić information content (AvgIpc) is 2.57. The summed E-state index contributed by atoms with van der Waals surface area (Å²) >= 11 is 0. The molecule has 0 aromatic heterocycles. The monoisotopic (exact) mass is 255 g/mol. The maximum Gasteiger partial charge on any atom is 0.0631 e. The molecule has 0 aromatic carbocycles. The minimum absolute atomic E-state index is 0.118. The van der Waals surface area contributed by atoms with Gasteiger partial charge in [0.25, 0.3) is 0 Å². The molecule has 0 spiro atoms. The summed E-state index contributed by atoms with van der Waals surface area (Å²) in [5.41, 5.74) is 0.118. The Morgan fingerprint density at radius 2 is 2.00 bits per heavy atom. The average molecular weight is 255 g/mol. The van der Waals surface area contributed by atoms with Crippen molar-refractivity contribution in [3.05, 3.63) is 0 Å². The van der Waals surface area contributed by atoms with E-state index in [1.807, 2.05) is 0 Å². The molecule has 2 unspecified atom stereocenters. The van der Waals surface area contributed by atoms with Gasteiger partial charge in [-0.15, -0.1) is 0 Å². The molecule has 1 heterocycles. The molecule has 2 nitrogen and oxygen atoms in total. The second-order valence-corrected chi connectivity index (χ2v) is 6.98. The zero-order chi connectivity index (χ0) is 13.6. The van der Waals surface area contributed by atoms with Gasteiger partial charge in [-0.05, 0) is 64.5 Å². The standard InChI is InChI=1S/C16H33NO/c1-6-7-14(12-17-11-13(2)3)10-15-8-9-16(4,5)18-15/h13-15,17H,6-12H2,1-5H3. The Labute approximate surface area is 114 Å². The molecule has 1 aliphatic rings. The Morgan fingerprint density at radius 3 is 2.50 bits per heavy atom. The Balaban J connectivity index is 2.29. The second-order valence-electron chi connectivity index (χ2n) is 6.98. The molecule has 1 rings (SSSR count). The molecule has 0 aromatic rings. The molecule has 0 bridgehead atoms. The van der Waals surface area contributed by atoms with E-state index in [0.29, 0.717) is 6.10 Å². The van der Waals surface area contributed by atoms with Gasteiger partial charge in [-0.1, -0.05) is 27.2 Å². The number of rotatable bonds is 8. The van der Waals surface area contributed by atoms with Gasteiger partial charge in [0.2, 0.25) is 0 Å². The first kappa shape index (κ1) is 16.0. The zero-order valence-electron chi connectivity index (χ0n) is 13.1. The van der Waals surface area contributed by atoms with Crippen LogP contribution >= 0.6 is 0 Å². The highest BCUT2D eigenvalue weighted by molar-refractivity contribution is 4.82. The summed E-state index contributed by atoms with van der Waals surface area (Å²) in [7, 11) is 0. The summed E-state index contributed by atoms with van der Waals surface area (Å²) in [4.78, 5) is 0. The normalized spacial score (nSPS) is 24.7. The highest BCUT2D eigenvalue weighted by Crippen LogP contribution is 2.33. The zero-order valence-corrected chi connectivity index (χ0v) is 13.1. The van der Waals surface area contributed by atoms with E-state index in [0.717, 1.165) is 24.9 Å². The van der Waals surface area contributed by atoms with Crippen LogP contribution in [0.4, 0.5) is 0 Å². The minimum atomic E-state index is 0.118. The van der Waals surface area contributed by atoms with Gasteiger partial charge in [0.1, 0.15) is 0 Å². The molecule has 2 heteroatoms. The third-order valence-corrected chi connectivity index (χ3v) is 3.83. The molecule has 18 heavy (non-hydrogen) atoms.